The predicted molar refractivity (Wildman–Crippen MR) is 94.5 cm³/mol. The maximum atomic E-state index is 5.86. The van der Waals surface area contributed by atoms with Crippen LogP contribution in [0.5, 0.6) is 0 Å². The van der Waals surface area contributed by atoms with E-state index in [0.29, 0.717) is 0 Å². The summed E-state index contributed by atoms with van der Waals surface area (Å²) in [6.45, 7) is 7.51. The third-order valence-electron chi connectivity index (χ3n) is 3.68. The molecule has 1 aliphatic rings. The first kappa shape index (κ1) is 16.0. The number of rotatable bonds is 2. The van der Waals surface area contributed by atoms with Gasteiger partial charge in [0.05, 0.1) is 11.4 Å². The normalized spacial score (nSPS) is 18.3. The third kappa shape index (κ3) is 4.09. The molecular weight excluding hydrogens is 302 g/mol. The van der Waals surface area contributed by atoms with Crippen molar-refractivity contribution >= 4 is 8.07 Å². The SMILES string of the molecule is C[Si](C)(C)C#Cc1cccc(-c2ccnn2C2CCCCO2)n1. The van der Waals surface area contributed by atoms with Gasteiger partial charge in [-0.3, -0.25) is 0 Å². The highest BCUT2D eigenvalue weighted by Gasteiger charge is 2.20. The van der Waals surface area contributed by atoms with Gasteiger partial charge in [-0.2, -0.15) is 5.10 Å². The van der Waals surface area contributed by atoms with Crippen molar-refractivity contribution in [1.29, 1.82) is 0 Å². The molecule has 0 amide bonds. The largest absolute Gasteiger partial charge is 0.356 e. The van der Waals surface area contributed by atoms with E-state index in [1.54, 1.807) is 0 Å². The average Bonchev–Trinajstić information content (AvgIpc) is 3.03. The van der Waals surface area contributed by atoms with Crippen LogP contribution in [-0.4, -0.2) is 29.4 Å². The summed E-state index contributed by atoms with van der Waals surface area (Å²) in [5, 5.41) is 4.45. The lowest BCUT2D eigenvalue weighted by Crippen LogP contribution is -2.20. The van der Waals surface area contributed by atoms with Gasteiger partial charge in [-0.15, -0.1) is 5.54 Å². The van der Waals surface area contributed by atoms with Gasteiger partial charge in [0.1, 0.15) is 13.8 Å². The van der Waals surface area contributed by atoms with E-state index in [1.165, 1.54) is 6.42 Å². The van der Waals surface area contributed by atoms with Crippen molar-refractivity contribution < 1.29 is 4.74 Å². The van der Waals surface area contributed by atoms with Gasteiger partial charge in [0.25, 0.3) is 0 Å². The monoisotopic (exact) mass is 325 g/mol. The minimum atomic E-state index is -1.40. The number of ether oxygens (including phenoxy) is 1. The van der Waals surface area contributed by atoms with E-state index in [-0.39, 0.29) is 6.23 Å². The third-order valence-corrected chi connectivity index (χ3v) is 4.55. The highest BCUT2D eigenvalue weighted by Crippen LogP contribution is 2.27. The molecule has 0 radical (unpaired) electrons. The Labute approximate surface area is 138 Å². The molecule has 1 atom stereocenters. The van der Waals surface area contributed by atoms with Crippen molar-refractivity contribution in [3.05, 3.63) is 36.2 Å². The summed E-state index contributed by atoms with van der Waals surface area (Å²) in [5.41, 5.74) is 6.09. The van der Waals surface area contributed by atoms with Crippen LogP contribution in [0, 0.1) is 11.5 Å². The highest BCUT2D eigenvalue weighted by molar-refractivity contribution is 6.83. The zero-order valence-electron chi connectivity index (χ0n) is 14.0. The number of pyridine rings is 1. The first-order valence-electron chi connectivity index (χ1n) is 8.19. The van der Waals surface area contributed by atoms with Crippen LogP contribution in [0.15, 0.2) is 30.5 Å². The summed E-state index contributed by atoms with van der Waals surface area (Å²) in [6, 6.07) is 7.98. The molecule has 1 fully saturated rings. The summed E-state index contributed by atoms with van der Waals surface area (Å²) in [7, 11) is -1.40. The minimum absolute atomic E-state index is 0.0206. The number of hydrogen-bond acceptors (Lipinski definition) is 3. The van der Waals surface area contributed by atoms with E-state index >= 15 is 0 Å². The molecule has 23 heavy (non-hydrogen) atoms. The van der Waals surface area contributed by atoms with Crippen LogP contribution < -0.4 is 0 Å². The molecular formula is C18H23N3OSi. The molecule has 0 N–H and O–H groups in total. The summed E-state index contributed by atoms with van der Waals surface area (Å²) in [4.78, 5) is 4.71. The fourth-order valence-corrected chi connectivity index (χ4v) is 3.06. The van der Waals surface area contributed by atoms with Gasteiger partial charge >= 0.3 is 0 Å². The van der Waals surface area contributed by atoms with E-state index in [2.05, 4.69) is 36.2 Å². The van der Waals surface area contributed by atoms with Crippen LogP contribution in [0.1, 0.15) is 31.2 Å². The van der Waals surface area contributed by atoms with Gasteiger partial charge in [0.2, 0.25) is 0 Å². The number of nitrogens with zero attached hydrogens (tertiary/aromatic N) is 3. The lowest BCUT2D eigenvalue weighted by atomic mass is 10.2. The Hall–Kier alpha value is -1.90. The first-order chi connectivity index (χ1) is 11.0. The summed E-state index contributed by atoms with van der Waals surface area (Å²) in [5.74, 6) is 3.23. The van der Waals surface area contributed by atoms with E-state index in [0.717, 1.165) is 36.5 Å². The van der Waals surface area contributed by atoms with Gasteiger partial charge in [-0.25, -0.2) is 9.67 Å². The fraction of sp³-hybridized carbons (Fsp3) is 0.444. The van der Waals surface area contributed by atoms with E-state index in [9.17, 15) is 0 Å². The Morgan fingerprint density at radius 1 is 1.22 bits per heavy atom. The summed E-state index contributed by atoms with van der Waals surface area (Å²) >= 11 is 0. The topological polar surface area (TPSA) is 39.9 Å². The van der Waals surface area contributed by atoms with Crippen molar-refractivity contribution in [2.45, 2.75) is 45.1 Å². The van der Waals surface area contributed by atoms with Crippen molar-refractivity contribution in [2.75, 3.05) is 6.61 Å². The summed E-state index contributed by atoms with van der Waals surface area (Å²) < 4.78 is 7.81. The molecule has 0 saturated carbocycles. The molecule has 120 valence electrons. The molecule has 1 unspecified atom stereocenters. The van der Waals surface area contributed by atoms with E-state index in [1.807, 2.05) is 35.1 Å². The van der Waals surface area contributed by atoms with Crippen LogP contribution in [0.4, 0.5) is 0 Å². The van der Waals surface area contributed by atoms with Gasteiger partial charge in [0, 0.05) is 12.8 Å². The molecule has 2 aromatic heterocycles. The van der Waals surface area contributed by atoms with Crippen molar-refractivity contribution in [3.8, 4) is 22.9 Å². The Morgan fingerprint density at radius 3 is 2.83 bits per heavy atom. The molecule has 0 aromatic carbocycles. The van der Waals surface area contributed by atoms with Crippen molar-refractivity contribution in [1.82, 2.24) is 14.8 Å². The Morgan fingerprint density at radius 2 is 2.09 bits per heavy atom. The van der Waals surface area contributed by atoms with Crippen LogP contribution in [0.3, 0.4) is 0 Å². The minimum Gasteiger partial charge on any atom is -0.356 e. The van der Waals surface area contributed by atoms with Crippen molar-refractivity contribution in [2.24, 2.45) is 0 Å². The molecule has 3 heterocycles. The zero-order valence-corrected chi connectivity index (χ0v) is 15.0. The predicted octanol–water partition coefficient (Wildman–Crippen LogP) is 3.87. The van der Waals surface area contributed by atoms with Crippen LogP contribution in [0.25, 0.3) is 11.4 Å². The second-order valence-electron chi connectivity index (χ2n) is 6.89. The standard InChI is InChI=1S/C18H23N3OSi/c1-23(2,3)14-11-15-7-6-8-16(20-15)17-10-12-19-21(17)18-9-4-5-13-22-18/h6-8,10,12,18H,4-5,9,13H2,1-3H3. The molecule has 0 bridgehead atoms. The molecule has 5 heteroatoms. The fourth-order valence-electron chi connectivity index (χ4n) is 2.56. The highest BCUT2D eigenvalue weighted by atomic mass is 28.3. The van der Waals surface area contributed by atoms with Crippen LogP contribution in [0.2, 0.25) is 19.6 Å². The molecule has 0 aliphatic carbocycles. The molecule has 2 aromatic rings. The Kier molecular flexibility index (Phi) is 4.65. The smallest absolute Gasteiger partial charge is 0.150 e. The van der Waals surface area contributed by atoms with Crippen LogP contribution in [-0.2, 0) is 4.74 Å². The van der Waals surface area contributed by atoms with E-state index in [4.69, 9.17) is 9.72 Å². The summed E-state index contributed by atoms with van der Waals surface area (Å²) in [6.07, 6.45) is 5.15. The lowest BCUT2D eigenvalue weighted by molar-refractivity contribution is -0.0384. The second kappa shape index (κ2) is 6.69. The molecule has 4 nitrogen and oxygen atoms in total. The van der Waals surface area contributed by atoms with E-state index < -0.39 is 8.07 Å². The molecule has 3 rings (SSSR count). The zero-order chi connectivity index (χ0) is 16.3. The number of aromatic nitrogens is 3. The first-order valence-corrected chi connectivity index (χ1v) is 11.7. The quantitative estimate of drug-likeness (QED) is 0.621. The maximum absolute atomic E-state index is 5.86. The molecule has 1 saturated heterocycles. The average molecular weight is 325 g/mol. The lowest BCUT2D eigenvalue weighted by Gasteiger charge is -2.24. The van der Waals surface area contributed by atoms with Crippen molar-refractivity contribution in [3.63, 3.8) is 0 Å². The Bertz CT molecular complexity index is 730. The number of hydrogen-bond donors (Lipinski definition) is 0. The van der Waals surface area contributed by atoms with Gasteiger partial charge < -0.3 is 4.74 Å². The van der Waals surface area contributed by atoms with Crippen LogP contribution >= 0.6 is 0 Å². The van der Waals surface area contributed by atoms with Gasteiger partial charge in [0.15, 0.2) is 6.23 Å². The van der Waals surface area contributed by atoms with Gasteiger partial charge in [-0.05, 0) is 37.5 Å². The molecule has 0 spiro atoms. The maximum Gasteiger partial charge on any atom is 0.150 e. The van der Waals surface area contributed by atoms with Gasteiger partial charge in [-0.1, -0.05) is 31.6 Å². The second-order valence-corrected chi connectivity index (χ2v) is 11.6. The Balaban J connectivity index is 1.90. The molecule has 1 aliphatic heterocycles.